The Morgan fingerprint density at radius 2 is 2.00 bits per heavy atom. The lowest BCUT2D eigenvalue weighted by molar-refractivity contribution is 0.0124. The molecular formula is C15H20ClN3O. The van der Waals surface area contributed by atoms with Crippen molar-refractivity contribution in [3.63, 3.8) is 0 Å². The number of nitrogens with zero attached hydrogens (tertiary/aromatic N) is 3. The molecule has 0 fully saturated rings. The zero-order chi connectivity index (χ0) is 18.2. The number of benzene rings is 1. The topological polar surface area (TPSA) is 50.9 Å². The maximum Gasteiger partial charge on any atom is 0.137 e. The summed E-state index contributed by atoms with van der Waals surface area (Å²) < 4.78 is 33.4. The molecule has 0 spiro atoms. The van der Waals surface area contributed by atoms with E-state index in [9.17, 15) is 5.11 Å². The second-order valence-electron chi connectivity index (χ2n) is 5.75. The van der Waals surface area contributed by atoms with E-state index in [-0.39, 0.29) is 41.2 Å². The van der Waals surface area contributed by atoms with Crippen LogP contribution in [0.4, 0.5) is 0 Å². The third-order valence-electron chi connectivity index (χ3n) is 3.09. The van der Waals surface area contributed by atoms with E-state index in [1.165, 1.54) is 17.3 Å². The van der Waals surface area contributed by atoms with Crippen molar-refractivity contribution in [2.24, 2.45) is 5.41 Å². The Kier molecular flexibility index (Phi) is 3.07. The minimum atomic E-state index is -0.836. The Hall–Kier alpha value is -1.39. The van der Waals surface area contributed by atoms with E-state index in [1.54, 1.807) is 0 Å². The van der Waals surface area contributed by atoms with Crippen LogP contribution in [0.2, 0.25) is 5.02 Å². The quantitative estimate of drug-likeness (QED) is 0.943. The van der Waals surface area contributed by atoms with Crippen molar-refractivity contribution >= 4 is 11.6 Å². The molecule has 20 heavy (non-hydrogen) atoms. The first kappa shape index (κ1) is 10.4. The Morgan fingerprint density at radius 3 is 2.50 bits per heavy atom. The smallest absolute Gasteiger partial charge is 0.137 e. The van der Waals surface area contributed by atoms with Crippen LogP contribution in [0.15, 0.2) is 36.8 Å². The number of aliphatic hydroxyl groups is 1. The Morgan fingerprint density at radius 1 is 1.35 bits per heavy atom. The summed E-state index contributed by atoms with van der Waals surface area (Å²) in [5, 5.41) is 14.6. The van der Waals surface area contributed by atoms with E-state index in [0.717, 1.165) is 0 Å². The molecule has 0 saturated carbocycles. The van der Waals surface area contributed by atoms with Gasteiger partial charge in [-0.25, -0.2) is 9.67 Å². The number of aliphatic hydroxyl groups excluding tert-OH is 1. The zero-order valence-corrected chi connectivity index (χ0v) is 12.4. The molecule has 1 heterocycles. The highest BCUT2D eigenvalue weighted by molar-refractivity contribution is 6.30. The SMILES string of the molecule is [2H]c1c([2H])c(CC(C(O)C(C)(C)C)n2cncn2)c([2H])c([2H])c1Cl. The maximum atomic E-state index is 10.7. The fourth-order valence-electron chi connectivity index (χ4n) is 1.95. The third-order valence-corrected chi connectivity index (χ3v) is 3.28. The summed E-state index contributed by atoms with van der Waals surface area (Å²) in [7, 11) is 0. The lowest BCUT2D eigenvalue weighted by Gasteiger charge is -2.33. The molecule has 0 saturated heterocycles. The summed E-state index contributed by atoms with van der Waals surface area (Å²) in [6.07, 6.45) is 2.05. The average Bonchev–Trinajstić information content (AvgIpc) is 3.04. The fraction of sp³-hybridized carbons (Fsp3) is 0.467. The molecule has 0 aliphatic heterocycles. The molecule has 2 unspecified atom stereocenters. The second kappa shape index (κ2) is 5.94. The van der Waals surface area contributed by atoms with Gasteiger partial charge in [0.05, 0.1) is 17.6 Å². The Balaban J connectivity index is 2.53. The number of hydrogen-bond acceptors (Lipinski definition) is 3. The first-order valence-electron chi connectivity index (χ1n) is 8.32. The number of hydrogen-bond donors (Lipinski definition) is 1. The summed E-state index contributed by atoms with van der Waals surface area (Å²) in [4.78, 5) is 3.90. The van der Waals surface area contributed by atoms with Gasteiger partial charge in [0.25, 0.3) is 0 Å². The van der Waals surface area contributed by atoms with Gasteiger partial charge in [-0.3, -0.25) is 0 Å². The van der Waals surface area contributed by atoms with Gasteiger partial charge in [-0.1, -0.05) is 44.5 Å². The van der Waals surface area contributed by atoms with E-state index < -0.39 is 17.6 Å². The first-order chi connectivity index (χ1) is 11.1. The van der Waals surface area contributed by atoms with Gasteiger partial charge in [0.15, 0.2) is 0 Å². The lowest BCUT2D eigenvalue weighted by atomic mass is 9.82. The summed E-state index contributed by atoms with van der Waals surface area (Å²) in [6, 6.07) is -1.55. The zero-order valence-electron chi connectivity index (χ0n) is 15.7. The number of rotatable bonds is 4. The predicted molar refractivity (Wildman–Crippen MR) is 79.7 cm³/mol. The summed E-state index contributed by atoms with van der Waals surface area (Å²) in [5.74, 6) is 0. The van der Waals surface area contributed by atoms with Crippen LogP contribution < -0.4 is 0 Å². The molecule has 2 aromatic rings. The van der Waals surface area contributed by atoms with Crippen LogP contribution in [0, 0.1) is 5.41 Å². The Labute approximate surface area is 130 Å². The van der Waals surface area contributed by atoms with Gasteiger partial charge in [-0.2, -0.15) is 5.10 Å². The molecule has 0 bridgehead atoms. The van der Waals surface area contributed by atoms with Gasteiger partial charge in [0, 0.05) is 5.02 Å². The molecule has 1 aromatic heterocycles. The first-order valence-corrected chi connectivity index (χ1v) is 6.70. The minimum absolute atomic E-state index is 0.0778. The van der Waals surface area contributed by atoms with Gasteiger partial charge >= 0.3 is 0 Å². The average molecular weight is 298 g/mol. The lowest BCUT2D eigenvalue weighted by Crippen LogP contribution is -2.37. The van der Waals surface area contributed by atoms with E-state index in [0.29, 0.717) is 0 Å². The Bertz CT molecular complexity index is 702. The van der Waals surface area contributed by atoms with Gasteiger partial charge in [0.1, 0.15) is 12.7 Å². The minimum Gasteiger partial charge on any atom is -0.390 e. The summed E-state index contributed by atoms with van der Waals surface area (Å²) >= 11 is 5.84. The van der Waals surface area contributed by atoms with Gasteiger partial charge in [-0.15, -0.1) is 0 Å². The number of halogens is 1. The van der Waals surface area contributed by atoms with Crippen molar-refractivity contribution in [2.45, 2.75) is 39.3 Å². The molecule has 5 heteroatoms. The second-order valence-corrected chi connectivity index (χ2v) is 6.13. The van der Waals surface area contributed by atoms with Crippen molar-refractivity contribution in [3.8, 4) is 0 Å². The van der Waals surface area contributed by atoms with Crippen LogP contribution >= 0.6 is 11.6 Å². The molecule has 0 aliphatic rings. The molecule has 2 atom stereocenters. The van der Waals surface area contributed by atoms with Crippen LogP contribution in [0.5, 0.6) is 0 Å². The van der Waals surface area contributed by atoms with Crippen molar-refractivity contribution in [1.29, 1.82) is 0 Å². The summed E-state index contributed by atoms with van der Waals surface area (Å²) in [5.41, 5.74) is -0.278. The fourth-order valence-corrected chi connectivity index (χ4v) is 2.04. The highest BCUT2D eigenvalue weighted by Crippen LogP contribution is 2.30. The van der Waals surface area contributed by atoms with Crippen LogP contribution in [-0.2, 0) is 6.42 Å². The van der Waals surface area contributed by atoms with Crippen molar-refractivity contribution in [1.82, 2.24) is 14.8 Å². The van der Waals surface area contributed by atoms with Crippen molar-refractivity contribution in [3.05, 3.63) is 47.4 Å². The maximum absolute atomic E-state index is 10.7. The highest BCUT2D eigenvalue weighted by Gasteiger charge is 2.32. The molecule has 0 amide bonds. The monoisotopic (exact) mass is 297 g/mol. The van der Waals surface area contributed by atoms with E-state index in [4.69, 9.17) is 17.1 Å². The molecular weight excluding hydrogens is 274 g/mol. The molecule has 4 nitrogen and oxygen atoms in total. The van der Waals surface area contributed by atoms with Crippen molar-refractivity contribution < 1.29 is 10.6 Å². The van der Waals surface area contributed by atoms with E-state index in [2.05, 4.69) is 10.1 Å². The highest BCUT2D eigenvalue weighted by atomic mass is 35.5. The van der Waals surface area contributed by atoms with Crippen LogP contribution in [-0.4, -0.2) is 26.0 Å². The van der Waals surface area contributed by atoms with Crippen LogP contribution in [0.1, 0.15) is 37.9 Å². The van der Waals surface area contributed by atoms with E-state index in [1.807, 2.05) is 20.8 Å². The molecule has 1 N–H and O–H groups in total. The standard InChI is InChI=1S/C15H20ClN3O/c1-15(2,3)14(20)13(19-10-17-9-18-19)8-11-4-6-12(16)7-5-11/h4-7,9-10,13-14,20H,8H2,1-3H3/i4D,5D,6D,7D. The van der Waals surface area contributed by atoms with Crippen LogP contribution in [0.25, 0.3) is 0 Å². The van der Waals surface area contributed by atoms with Crippen molar-refractivity contribution in [2.75, 3.05) is 0 Å². The third kappa shape index (κ3) is 3.58. The molecule has 108 valence electrons. The number of aromatic nitrogens is 3. The van der Waals surface area contributed by atoms with Crippen LogP contribution in [0.3, 0.4) is 0 Å². The van der Waals surface area contributed by atoms with E-state index >= 15 is 0 Å². The summed E-state index contributed by atoms with van der Waals surface area (Å²) in [6.45, 7) is 5.62. The molecule has 2 rings (SSSR count). The largest absolute Gasteiger partial charge is 0.390 e. The molecule has 0 radical (unpaired) electrons. The molecule has 1 aromatic carbocycles. The normalized spacial score (nSPS) is 17.9. The molecule has 0 aliphatic carbocycles. The van der Waals surface area contributed by atoms with Gasteiger partial charge in [0.2, 0.25) is 0 Å². The predicted octanol–water partition coefficient (Wildman–Crippen LogP) is 3.12. The van der Waals surface area contributed by atoms with Gasteiger partial charge < -0.3 is 5.11 Å². The van der Waals surface area contributed by atoms with Gasteiger partial charge in [-0.05, 0) is 29.5 Å².